The minimum Gasteiger partial charge on any atom is -0.377 e. The summed E-state index contributed by atoms with van der Waals surface area (Å²) in [7, 11) is 0. The van der Waals surface area contributed by atoms with Crippen LogP contribution in [0.25, 0.3) is 5.57 Å². The molecule has 74 valence electrons. The molecule has 0 aromatic heterocycles. The maximum atomic E-state index is 12.9. The van der Waals surface area contributed by atoms with Gasteiger partial charge in [0.25, 0.3) is 0 Å². The second kappa shape index (κ2) is 3.88. The molecule has 1 aromatic carbocycles. The van der Waals surface area contributed by atoms with Crippen molar-refractivity contribution >= 4 is 5.57 Å². The van der Waals surface area contributed by atoms with Crippen LogP contribution < -0.4 is 0 Å². The summed E-state index contributed by atoms with van der Waals surface area (Å²) in [6.45, 7) is 1.14. The second-order valence-electron chi connectivity index (χ2n) is 3.21. The molecule has 0 spiro atoms. The summed E-state index contributed by atoms with van der Waals surface area (Å²) >= 11 is 0. The first kappa shape index (κ1) is 9.34. The van der Waals surface area contributed by atoms with Crippen molar-refractivity contribution in [1.82, 2.24) is 0 Å². The van der Waals surface area contributed by atoms with E-state index in [2.05, 4.69) is 0 Å². The van der Waals surface area contributed by atoms with Crippen molar-refractivity contribution in [2.45, 2.75) is 6.42 Å². The van der Waals surface area contributed by atoms with Gasteiger partial charge >= 0.3 is 0 Å². The highest BCUT2D eigenvalue weighted by atomic mass is 19.1. The molecule has 1 nitrogen and oxygen atoms in total. The number of ether oxygens (including phenoxy) is 1. The van der Waals surface area contributed by atoms with E-state index >= 15 is 0 Å². The first-order valence-corrected chi connectivity index (χ1v) is 4.49. The molecule has 1 aliphatic rings. The standard InChI is InChI=1S/C11H10F2O/c12-10-5-9(6-11(13)7-10)8-1-3-14-4-2-8/h1,5-7H,2-4H2. The lowest BCUT2D eigenvalue weighted by molar-refractivity contribution is 0.161. The third-order valence-electron chi connectivity index (χ3n) is 2.20. The van der Waals surface area contributed by atoms with E-state index in [-0.39, 0.29) is 0 Å². The predicted molar refractivity (Wildman–Crippen MR) is 49.8 cm³/mol. The van der Waals surface area contributed by atoms with Crippen LogP contribution in [0.2, 0.25) is 0 Å². The van der Waals surface area contributed by atoms with E-state index in [1.54, 1.807) is 0 Å². The second-order valence-corrected chi connectivity index (χ2v) is 3.21. The highest BCUT2D eigenvalue weighted by Crippen LogP contribution is 2.22. The van der Waals surface area contributed by atoms with Crippen molar-refractivity contribution < 1.29 is 13.5 Å². The van der Waals surface area contributed by atoms with E-state index in [0.29, 0.717) is 25.2 Å². The summed E-state index contributed by atoms with van der Waals surface area (Å²) in [4.78, 5) is 0. The lowest BCUT2D eigenvalue weighted by Gasteiger charge is -2.13. The van der Waals surface area contributed by atoms with Gasteiger partial charge in [0.05, 0.1) is 13.2 Å². The van der Waals surface area contributed by atoms with Crippen LogP contribution in [-0.4, -0.2) is 13.2 Å². The Labute approximate surface area is 81.0 Å². The van der Waals surface area contributed by atoms with Crippen LogP contribution in [0.1, 0.15) is 12.0 Å². The molecule has 0 atom stereocenters. The van der Waals surface area contributed by atoms with Gasteiger partial charge in [-0.25, -0.2) is 8.78 Å². The molecular formula is C11H10F2O. The summed E-state index contributed by atoms with van der Waals surface area (Å²) in [5.41, 5.74) is 1.57. The highest BCUT2D eigenvalue weighted by molar-refractivity contribution is 5.66. The monoisotopic (exact) mass is 196 g/mol. The molecule has 1 heterocycles. The first-order valence-electron chi connectivity index (χ1n) is 4.49. The number of benzene rings is 1. The van der Waals surface area contributed by atoms with E-state index < -0.39 is 11.6 Å². The summed E-state index contributed by atoms with van der Waals surface area (Å²) in [6, 6.07) is 3.57. The molecule has 0 bridgehead atoms. The number of hydrogen-bond donors (Lipinski definition) is 0. The average Bonchev–Trinajstić information content (AvgIpc) is 2.18. The summed E-state index contributed by atoms with van der Waals surface area (Å²) in [5.74, 6) is -1.07. The molecule has 3 heteroatoms. The van der Waals surface area contributed by atoms with Gasteiger partial charge in [-0.05, 0) is 29.7 Å². The van der Waals surface area contributed by atoms with Crippen molar-refractivity contribution in [3.8, 4) is 0 Å². The summed E-state index contributed by atoms with van der Waals surface area (Å²) < 4.78 is 30.9. The van der Waals surface area contributed by atoms with Gasteiger partial charge in [-0.3, -0.25) is 0 Å². The van der Waals surface area contributed by atoms with Crippen molar-refractivity contribution in [2.24, 2.45) is 0 Å². The van der Waals surface area contributed by atoms with Gasteiger partial charge in [0.1, 0.15) is 11.6 Å². The maximum Gasteiger partial charge on any atom is 0.126 e. The number of rotatable bonds is 1. The van der Waals surface area contributed by atoms with E-state index in [1.165, 1.54) is 12.1 Å². The Hall–Kier alpha value is -1.22. The van der Waals surface area contributed by atoms with Gasteiger partial charge in [-0.1, -0.05) is 6.08 Å². The third kappa shape index (κ3) is 1.99. The fraction of sp³-hybridized carbons (Fsp3) is 0.273. The topological polar surface area (TPSA) is 9.23 Å². The predicted octanol–water partition coefficient (Wildman–Crippen LogP) is 2.77. The Bertz CT molecular complexity index is 351. The van der Waals surface area contributed by atoms with Crippen molar-refractivity contribution in [3.63, 3.8) is 0 Å². The molecule has 0 N–H and O–H groups in total. The van der Waals surface area contributed by atoms with Gasteiger partial charge in [0, 0.05) is 6.07 Å². The van der Waals surface area contributed by atoms with Gasteiger partial charge in [0.15, 0.2) is 0 Å². The SMILES string of the molecule is Fc1cc(F)cc(C2=CCOCC2)c1. The Kier molecular flexibility index (Phi) is 2.59. The van der Waals surface area contributed by atoms with E-state index in [1.807, 2.05) is 6.08 Å². The van der Waals surface area contributed by atoms with Crippen LogP contribution in [0, 0.1) is 11.6 Å². The fourth-order valence-corrected chi connectivity index (χ4v) is 1.53. The van der Waals surface area contributed by atoms with Gasteiger partial charge < -0.3 is 4.74 Å². The zero-order chi connectivity index (χ0) is 9.97. The Morgan fingerprint density at radius 3 is 2.36 bits per heavy atom. The fourth-order valence-electron chi connectivity index (χ4n) is 1.53. The van der Waals surface area contributed by atoms with Crippen molar-refractivity contribution in [3.05, 3.63) is 41.5 Å². The smallest absolute Gasteiger partial charge is 0.126 e. The lowest BCUT2D eigenvalue weighted by atomic mass is 10.0. The number of hydrogen-bond acceptors (Lipinski definition) is 1. The van der Waals surface area contributed by atoms with Gasteiger partial charge in [0.2, 0.25) is 0 Å². The Morgan fingerprint density at radius 1 is 1.07 bits per heavy atom. The molecule has 0 fully saturated rings. The molecule has 2 rings (SSSR count). The third-order valence-corrected chi connectivity index (χ3v) is 2.20. The highest BCUT2D eigenvalue weighted by Gasteiger charge is 2.08. The minimum atomic E-state index is -0.535. The van der Waals surface area contributed by atoms with Crippen LogP contribution >= 0.6 is 0 Å². The molecule has 0 saturated heterocycles. The van der Waals surface area contributed by atoms with E-state index in [4.69, 9.17) is 4.74 Å². The molecule has 0 aliphatic carbocycles. The molecule has 1 aromatic rings. The molecular weight excluding hydrogens is 186 g/mol. The lowest BCUT2D eigenvalue weighted by Crippen LogP contribution is -2.04. The van der Waals surface area contributed by atoms with Crippen molar-refractivity contribution in [1.29, 1.82) is 0 Å². The zero-order valence-electron chi connectivity index (χ0n) is 7.59. The minimum absolute atomic E-state index is 0.521. The molecule has 1 aliphatic heterocycles. The largest absolute Gasteiger partial charge is 0.377 e. The van der Waals surface area contributed by atoms with Crippen molar-refractivity contribution in [2.75, 3.05) is 13.2 Å². The van der Waals surface area contributed by atoms with Crippen LogP contribution in [0.15, 0.2) is 24.3 Å². The average molecular weight is 196 g/mol. The molecule has 0 amide bonds. The van der Waals surface area contributed by atoms with Crippen LogP contribution in [-0.2, 0) is 4.74 Å². The Morgan fingerprint density at radius 2 is 1.79 bits per heavy atom. The number of halogens is 2. The molecule has 0 radical (unpaired) electrons. The van der Waals surface area contributed by atoms with E-state index in [9.17, 15) is 8.78 Å². The first-order chi connectivity index (χ1) is 6.75. The summed E-state index contributed by atoms with van der Waals surface area (Å²) in [6.07, 6.45) is 2.57. The summed E-state index contributed by atoms with van der Waals surface area (Å²) in [5, 5.41) is 0. The normalized spacial score (nSPS) is 16.6. The van der Waals surface area contributed by atoms with Crippen LogP contribution in [0.5, 0.6) is 0 Å². The van der Waals surface area contributed by atoms with Crippen LogP contribution in [0.3, 0.4) is 0 Å². The Balaban J connectivity index is 2.35. The van der Waals surface area contributed by atoms with E-state index in [0.717, 1.165) is 11.6 Å². The zero-order valence-corrected chi connectivity index (χ0v) is 7.59. The molecule has 0 unspecified atom stereocenters. The van der Waals surface area contributed by atoms with Crippen LogP contribution in [0.4, 0.5) is 8.78 Å². The quantitative estimate of drug-likeness (QED) is 0.671. The van der Waals surface area contributed by atoms with Gasteiger partial charge in [-0.15, -0.1) is 0 Å². The molecule has 0 saturated carbocycles. The molecule has 14 heavy (non-hydrogen) atoms. The maximum absolute atomic E-state index is 12.9. The van der Waals surface area contributed by atoms with Gasteiger partial charge in [-0.2, -0.15) is 0 Å².